The predicted molar refractivity (Wildman–Crippen MR) is 59.3 cm³/mol. The van der Waals surface area contributed by atoms with Gasteiger partial charge in [0.25, 0.3) is 0 Å². The Hall–Kier alpha value is -0.580. The molecule has 0 aliphatic heterocycles. The second kappa shape index (κ2) is 5.34. The van der Waals surface area contributed by atoms with Crippen molar-refractivity contribution in [3.8, 4) is 5.75 Å². The van der Waals surface area contributed by atoms with Crippen LogP contribution in [0.4, 0.5) is 0 Å². The van der Waals surface area contributed by atoms with Crippen molar-refractivity contribution in [3.63, 3.8) is 0 Å². The maximum atomic E-state index is 8.75. The molecule has 78 valence electrons. The van der Waals surface area contributed by atoms with Crippen LogP contribution in [0.15, 0.2) is 22.7 Å². The molecule has 0 amide bonds. The average Bonchev–Trinajstić information content (AvgIpc) is 2.18. The summed E-state index contributed by atoms with van der Waals surface area (Å²) in [7, 11) is 1.62. The molecule has 0 bridgehead atoms. The van der Waals surface area contributed by atoms with Crippen molar-refractivity contribution >= 4 is 15.9 Å². The van der Waals surface area contributed by atoms with Gasteiger partial charge in [0.15, 0.2) is 0 Å². The van der Waals surface area contributed by atoms with Crippen molar-refractivity contribution in [2.24, 2.45) is 5.73 Å². The van der Waals surface area contributed by atoms with Crippen LogP contribution in [0.25, 0.3) is 0 Å². The van der Waals surface area contributed by atoms with Gasteiger partial charge in [0.05, 0.1) is 11.6 Å². The molecular weight excluding hydrogens is 246 g/mol. The fraction of sp³-hybridized carbons (Fsp3) is 0.400. The highest BCUT2D eigenvalue weighted by atomic mass is 79.9. The standard InChI is InChI=1S/C10H14BrNO2/c1-14-10-3-2-7(6-8(10)11)9(12)4-5-13/h2-3,6,9,13H,4-5,12H2,1H3/t9-/m0/s1. The molecule has 3 nitrogen and oxygen atoms in total. The van der Waals surface area contributed by atoms with Crippen LogP contribution in [0.3, 0.4) is 0 Å². The smallest absolute Gasteiger partial charge is 0.133 e. The summed E-state index contributed by atoms with van der Waals surface area (Å²) in [5.74, 6) is 0.782. The largest absolute Gasteiger partial charge is 0.496 e. The van der Waals surface area contributed by atoms with Gasteiger partial charge in [-0.15, -0.1) is 0 Å². The Morgan fingerprint density at radius 1 is 1.57 bits per heavy atom. The first-order valence-corrected chi connectivity index (χ1v) is 5.18. The highest BCUT2D eigenvalue weighted by molar-refractivity contribution is 9.10. The normalized spacial score (nSPS) is 12.6. The van der Waals surface area contributed by atoms with Crippen LogP contribution in [0, 0.1) is 0 Å². The first kappa shape index (κ1) is 11.5. The van der Waals surface area contributed by atoms with Crippen molar-refractivity contribution in [2.75, 3.05) is 13.7 Å². The maximum Gasteiger partial charge on any atom is 0.133 e. The van der Waals surface area contributed by atoms with Crippen LogP contribution in [0.5, 0.6) is 5.75 Å². The summed E-state index contributed by atoms with van der Waals surface area (Å²) < 4.78 is 5.98. The number of rotatable bonds is 4. The average molecular weight is 260 g/mol. The lowest BCUT2D eigenvalue weighted by Crippen LogP contribution is -2.11. The van der Waals surface area contributed by atoms with E-state index in [9.17, 15) is 0 Å². The number of hydrogen-bond acceptors (Lipinski definition) is 3. The molecule has 1 atom stereocenters. The SMILES string of the molecule is COc1ccc([C@@H](N)CCO)cc1Br. The van der Waals surface area contributed by atoms with E-state index in [2.05, 4.69) is 15.9 Å². The zero-order valence-corrected chi connectivity index (χ0v) is 9.62. The minimum absolute atomic E-state index is 0.102. The number of hydrogen-bond donors (Lipinski definition) is 2. The highest BCUT2D eigenvalue weighted by Gasteiger charge is 2.07. The van der Waals surface area contributed by atoms with Crippen molar-refractivity contribution < 1.29 is 9.84 Å². The van der Waals surface area contributed by atoms with Crippen LogP contribution in [0.1, 0.15) is 18.0 Å². The van der Waals surface area contributed by atoms with Crippen molar-refractivity contribution in [2.45, 2.75) is 12.5 Å². The van der Waals surface area contributed by atoms with Gasteiger partial charge in [-0.05, 0) is 40.0 Å². The second-order valence-electron chi connectivity index (χ2n) is 3.01. The molecule has 0 saturated carbocycles. The van der Waals surface area contributed by atoms with E-state index >= 15 is 0 Å². The van der Waals surface area contributed by atoms with Crippen LogP contribution in [-0.4, -0.2) is 18.8 Å². The number of aliphatic hydroxyl groups excluding tert-OH is 1. The van der Waals surface area contributed by atoms with Crippen LogP contribution in [-0.2, 0) is 0 Å². The van der Waals surface area contributed by atoms with E-state index in [1.54, 1.807) is 7.11 Å². The molecule has 0 aromatic heterocycles. The summed E-state index contributed by atoms with van der Waals surface area (Å²) in [5, 5.41) is 8.75. The number of nitrogens with two attached hydrogens (primary N) is 1. The first-order valence-electron chi connectivity index (χ1n) is 4.39. The van der Waals surface area contributed by atoms with E-state index in [1.807, 2.05) is 18.2 Å². The number of ether oxygens (including phenoxy) is 1. The molecule has 0 spiro atoms. The topological polar surface area (TPSA) is 55.5 Å². The monoisotopic (exact) mass is 259 g/mol. The van der Waals surface area contributed by atoms with Gasteiger partial charge in [-0.2, -0.15) is 0 Å². The summed E-state index contributed by atoms with van der Waals surface area (Å²) in [6, 6.07) is 5.56. The first-order chi connectivity index (χ1) is 6.69. The van der Waals surface area contributed by atoms with Crippen LogP contribution < -0.4 is 10.5 Å². The Morgan fingerprint density at radius 2 is 2.29 bits per heavy atom. The molecule has 0 fully saturated rings. The third-order valence-electron chi connectivity index (χ3n) is 2.04. The molecule has 0 aliphatic rings. The molecule has 0 heterocycles. The third kappa shape index (κ3) is 2.70. The van der Waals surface area contributed by atoms with Gasteiger partial charge in [-0.25, -0.2) is 0 Å². The maximum absolute atomic E-state index is 8.75. The number of methoxy groups -OCH3 is 1. The molecule has 0 saturated heterocycles. The summed E-state index contributed by atoms with van der Waals surface area (Å²) in [6.45, 7) is 0.102. The lowest BCUT2D eigenvalue weighted by Gasteiger charge is -2.12. The fourth-order valence-electron chi connectivity index (χ4n) is 1.22. The van der Waals surface area contributed by atoms with Gasteiger partial charge in [0.2, 0.25) is 0 Å². The number of halogens is 1. The summed E-state index contributed by atoms with van der Waals surface area (Å²) in [6.07, 6.45) is 0.568. The fourth-order valence-corrected chi connectivity index (χ4v) is 1.78. The highest BCUT2D eigenvalue weighted by Crippen LogP contribution is 2.28. The molecule has 4 heteroatoms. The van der Waals surface area contributed by atoms with Crippen LogP contribution in [0.2, 0.25) is 0 Å². The van der Waals surface area contributed by atoms with Crippen molar-refractivity contribution in [3.05, 3.63) is 28.2 Å². The molecular formula is C10H14BrNO2. The van der Waals surface area contributed by atoms with E-state index in [-0.39, 0.29) is 12.6 Å². The van der Waals surface area contributed by atoms with Crippen molar-refractivity contribution in [1.29, 1.82) is 0 Å². The quantitative estimate of drug-likeness (QED) is 0.868. The van der Waals surface area contributed by atoms with Gasteiger partial charge < -0.3 is 15.6 Å². The van der Waals surface area contributed by atoms with E-state index in [1.165, 1.54) is 0 Å². The Kier molecular flexibility index (Phi) is 4.38. The number of benzene rings is 1. The minimum atomic E-state index is -0.123. The third-order valence-corrected chi connectivity index (χ3v) is 2.66. The summed E-state index contributed by atoms with van der Waals surface area (Å²) in [4.78, 5) is 0. The van der Waals surface area contributed by atoms with E-state index in [0.29, 0.717) is 6.42 Å². The Labute approximate surface area is 92.0 Å². The molecule has 1 aromatic rings. The lowest BCUT2D eigenvalue weighted by atomic mass is 10.1. The minimum Gasteiger partial charge on any atom is -0.496 e. The Morgan fingerprint density at radius 3 is 2.79 bits per heavy atom. The molecule has 14 heavy (non-hydrogen) atoms. The van der Waals surface area contributed by atoms with E-state index in [4.69, 9.17) is 15.6 Å². The van der Waals surface area contributed by atoms with Gasteiger partial charge in [0.1, 0.15) is 5.75 Å². The molecule has 0 radical (unpaired) electrons. The van der Waals surface area contributed by atoms with Crippen LogP contribution >= 0.6 is 15.9 Å². The Bertz CT molecular complexity index is 304. The van der Waals surface area contributed by atoms with Gasteiger partial charge in [0, 0.05) is 12.6 Å². The molecule has 0 aliphatic carbocycles. The lowest BCUT2D eigenvalue weighted by molar-refractivity contribution is 0.276. The zero-order chi connectivity index (χ0) is 10.6. The van der Waals surface area contributed by atoms with E-state index < -0.39 is 0 Å². The zero-order valence-electron chi connectivity index (χ0n) is 8.03. The van der Waals surface area contributed by atoms with Gasteiger partial charge >= 0.3 is 0 Å². The number of aliphatic hydroxyl groups is 1. The second-order valence-corrected chi connectivity index (χ2v) is 3.87. The van der Waals surface area contributed by atoms with Gasteiger partial charge in [-0.3, -0.25) is 0 Å². The van der Waals surface area contributed by atoms with E-state index in [0.717, 1.165) is 15.8 Å². The van der Waals surface area contributed by atoms with Gasteiger partial charge in [-0.1, -0.05) is 6.07 Å². The summed E-state index contributed by atoms with van der Waals surface area (Å²) >= 11 is 3.38. The molecule has 1 aromatic carbocycles. The predicted octanol–water partition coefficient (Wildman–Crippen LogP) is 1.84. The Balaban J connectivity index is 2.85. The molecule has 3 N–H and O–H groups in total. The summed E-state index contributed by atoms with van der Waals surface area (Å²) in [5.41, 5.74) is 6.84. The van der Waals surface area contributed by atoms with Crippen molar-refractivity contribution in [1.82, 2.24) is 0 Å². The molecule has 0 unspecified atom stereocenters. The molecule has 1 rings (SSSR count).